The molecule has 0 bridgehead atoms. The number of alkyl halides is 3. The lowest BCUT2D eigenvalue weighted by atomic mass is 9.75. The first kappa shape index (κ1) is 23.6. The molecule has 5 nitrogen and oxygen atoms in total. The summed E-state index contributed by atoms with van der Waals surface area (Å²) in [5, 5.41) is 0. The minimum absolute atomic E-state index is 0.0628. The molecule has 2 aromatic carbocycles. The van der Waals surface area contributed by atoms with Gasteiger partial charge in [0.25, 0.3) is 0 Å². The van der Waals surface area contributed by atoms with Crippen molar-refractivity contribution in [2.24, 2.45) is 0 Å². The third-order valence-electron chi connectivity index (χ3n) is 6.84. The Balaban J connectivity index is 1.68. The highest BCUT2D eigenvalue weighted by Gasteiger charge is 2.52. The predicted molar refractivity (Wildman–Crippen MR) is 118 cm³/mol. The van der Waals surface area contributed by atoms with Crippen molar-refractivity contribution < 1.29 is 32.0 Å². The minimum atomic E-state index is -4.52. The van der Waals surface area contributed by atoms with Crippen molar-refractivity contribution in [2.45, 2.75) is 70.7 Å². The van der Waals surface area contributed by atoms with Gasteiger partial charge in [0.15, 0.2) is 0 Å². The van der Waals surface area contributed by atoms with Crippen LogP contribution in [-0.4, -0.2) is 35.4 Å². The van der Waals surface area contributed by atoms with Gasteiger partial charge in [0, 0.05) is 6.54 Å². The molecule has 2 aliphatic rings. The third-order valence-corrected chi connectivity index (χ3v) is 6.84. The van der Waals surface area contributed by atoms with E-state index < -0.39 is 42.3 Å². The molecule has 2 atom stereocenters. The van der Waals surface area contributed by atoms with Crippen LogP contribution < -0.4 is 5.46 Å². The van der Waals surface area contributed by atoms with Gasteiger partial charge >= 0.3 is 19.4 Å². The van der Waals surface area contributed by atoms with Crippen molar-refractivity contribution >= 4 is 18.7 Å². The second-order valence-corrected chi connectivity index (χ2v) is 9.58. The Morgan fingerprint density at radius 3 is 2.18 bits per heavy atom. The first-order valence-corrected chi connectivity index (χ1v) is 10.9. The molecular formula is C24H27BF3NO4. The molecule has 9 heteroatoms. The number of nitrogens with zero attached hydrogens (tertiary/aromatic N) is 1. The summed E-state index contributed by atoms with van der Waals surface area (Å²) < 4.78 is 58.3. The van der Waals surface area contributed by atoms with E-state index in [1.54, 1.807) is 0 Å². The lowest BCUT2D eigenvalue weighted by Gasteiger charge is -2.32. The SMILES string of the molecule is C[C@H]1C(c2ccccc2)OC(=O)N1Cc1cc(C(F)(F)F)ccc1B1OC(C)(C)C(C)(C)O1. The first-order chi connectivity index (χ1) is 15.3. The number of carbonyl (C=O) groups excluding carboxylic acids is 1. The number of benzene rings is 2. The van der Waals surface area contributed by atoms with Crippen LogP contribution in [0.15, 0.2) is 48.5 Å². The fraction of sp³-hybridized carbons (Fsp3) is 0.458. The smallest absolute Gasteiger partial charge is 0.439 e. The van der Waals surface area contributed by atoms with E-state index in [0.29, 0.717) is 11.0 Å². The molecule has 176 valence electrons. The van der Waals surface area contributed by atoms with Crippen LogP contribution in [0.1, 0.15) is 57.4 Å². The van der Waals surface area contributed by atoms with Gasteiger partial charge in [-0.05, 0) is 57.3 Å². The monoisotopic (exact) mass is 461 g/mol. The highest BCUT2D eigenvalue weighted by Crippen LogP contribution is 2.38. The molecule has 0 aromatic heterocycles. The summed E-state index contributed by atoms with van der Waals surface area (Å²) in [6.45, 7) is 9.27. The molecule has 0 spiro atoms. The van der Waals surface area contributed by atoms with E-state index in [4.69, 9.17) is 14.0 Å². The lowest BCUT2D eigenvalue weighted by molar-refractivity contribution is -0.137. The number of hydrogen-bond donors (Lipinski definition) is 0. The Hall–Kier alpha value is -2.52. The number of carbonyl (C=O) groups is 1. The van der Waals surface area contributed by atoms with Crippen LogP contribution in [0.4, 0.5) is 18.0 Å². The maximum absolute atomic E-state index is 13.5. The van der Waals surface area contributed by atoms with Gasteiger partial charge in [-0.2, -0.15) is 13.2 Å². The van der Waals surface area contributed by atoms with Crippen LogP contribution in [0.2, 0.25) is 0 Å². The molecule has 2 aliphatic heterocycles. The maximum atomic E-state index is 13.5. The molecule has 2 fully saturated rings. The van der Waals surface area contributed by atoms with Crippen molar-refractivity contribution in [1.29, 1.82) is 0 Å². The molecule has 0 radical (unpaired) electrons. The Morgan fingerprint density at radius 1 is 1.00 bits per heavy atom. The summed E-state index contributed by atoms with van der Waals surface area (Å²) in [6, 6.07) is 12.4. The van der Waals surface area contributed by atoms with E-state index in [2.05, 4.69) is 0 Å². The quantitative estimate of drug-likeness (QED) is 0.596. The predicted octanol–water partition coefficient (Wildman–Crippen LogP) is 5.09. The van der Waals surface area contributed by atoms with E-state index in [1.165, 1.54) is 11.0 Å². The van der Waals surface area contributed by atoms with E-state index in [-0.39, 0.29) is 12.6 Å². The summed E-state index contributed by atoms with van der Waals surface area (Å²) in [4.78, 5) is 14.2. The van der Waals surface area contributed by atoms with E-state index >= 15 is 0 Å². The number of amides is 1. The van der Waals surface area contributed by atoms with Crippen LogP contribution in [0.5, 0.6) is 0 Å². The van der Waals surface area contributed by atoms with Gasteiger partial charge in [-0.15, -0.1) is 0 Å². The fourth-order valence-corrected chi connectivity index (χ4v) is 4.10. The molecule has 0 saturated carbocycles. The summed E-state index contributed by atoms with van der Waals surface area (Å²) >= 11 is 0. The average Bonchev–Trinajstić information content (AvgIpc) is 3.13. The highest BCUT2D eigenvalue weighted by molar-refractivity contribution is 6.62. The minimum Gasteiger partial charge on any atom is -0.439 e. The molecule has 2 heterocycles. The Morgan fingerprint density at radius 2 is 1.61 bits per heavy atom. The van der Waals surface area contributed by atoms with Crippen molar-refractivity contribution in [1.82, 2.24) is 4.90 Å². The summed E-state index contributed by atoms with van der Waals surface area (Å²) in [5.74, 6) is 0. The largest absolute Gasteiger partial charge is 0.495 e. The summed E-state index contributed by atoms with van der Waals surface area (Å²) in [6.07, 6.45) is -5.61. The number of hydrogen-bond acceptors (Lipinski definition) is 4. The van der Waals surface area contributed by atoms with E-state index in [9.17, 15) is 18.0 Å². The van der Waals surface area contributed by atoms with Crippen LogP contribution >= 0.6 is 0 Å². The van der Waals surface area contributed by atoms with E-state index in [0.717, 1.165) is 17.7 Å². The molecule has 33 heavy (non-hydrogen) atoms. The fourth-order valence-electron chi connectivity index (χ4n) is 4.10. The normalized spacial score (nSPS) is 24.3. The van der Waals surface area contributed by atoms with Gasteiger partial charge in [-0.25, -0.2) is 4.79 Å². The average molecular weight is 461 g/mol. The Kier molecular flexibility index (Phi) is 5.77. The van der Waals surface area contributed by atoms with Crippen molar-refractivity contribution in [3.63, 3.8) is 0 Å². The lowest BCUT2D eigenvalue weighted by Crippen LogP contribution is -2.41. The van der Waals surface area contributed by atoms with Gasteiger partial charge in [0.2, 0.25) is 0 Å². The van der Waals surface area contributed by atoms with Gasteiger partial charge in [-0.3, -0.25) is 4.90 Å². The van der Waals surface area contributed by atoms with Gasteiger partial charge < -0.3 is 14.0 Å². The number of rotatable bonds is 4. The second-order valence-electron chi connectivity index (χ2n) is 9.58. The molecule has 1 amide bonds. The Bertz CT molecular complexity index is 1030. The summed E-state index contributed by atoms with van der Waals surface area (Å²) in [5.41, 5.74) is -0.509. The number of cyclic esters (lactones) is 1. The molecule has 2 saturated heterocycles. The zero-order valence-corrected chi connectivity index (χ0v) is 19.3. The Labute approximate surface area is 192 Å². The zero-order valence-electron chi connectivity index (χ0n) is 19.3. The molecule has 0 N–H and O–H groups in total. The van der Waals surface area contributed by atoms with Crippen molar-refractivity contribution in [3.05, 3.63) is 65.2 Å². The van der Waals surface area contributed by atoms with Crippen LogP contribution in [0.25, 0.3) is 0 Å². The van der Waals surface area contributed by atoms with Crippen molar-refractivity contribution in [3.8, 4) is 0 Å². The van der Waals surface area contributed by atoms with E-state index in [1.807, 2.05) is 65.0 Å². The molecular weight excluding hydrogens is 434 g/mol. The molecule has 0 aliphatic carbocycles. The second kappa shape index (κ2) is 8.06. The first-order valence-electron chi connectivity index (χ1n) is 10.9. The topological polar surface area (TPSA) is 48.0 Å². The van der Waals surface area contributed by atoms with Crippen LogP contribution in [0.3, 0.4) is 0 Å². The number of ether oxygens (including phenoxy) is 1. The van der Waals surface area contributed by atoms with Gasteiger partial charge in [0.1, 0.15) is 6.10 Å². The zero-order chi connectivity index (χ0) is 24.2. The number of halogens is 3. The van der Waals surface area contributed by atoms with Gasteiger partial charge in [-0.1, -0.05) is 42.5 Å². The van der Waals surface area contributed by atoms with Crippen LogP contribution in [-0.2, 0) is 26.8 Å². The summed E-state index contributed by atoms with van der Waals surface area (Å²) in [7, 11) is -0.855. The van der Waals surface area contributed by atoms with Gasteiger partial charge in [0.05, 0.1) is 22.8 Å². The highest BCUT2D eigenvalue weighted by atomic mass is 19.4. The molecule has 1 unspecified atom stereocenters. The standard InChI is InChI=1S/C24H27BF3NO4/c1-15-20(16-9-7-6-8-10-16)31-21(30)29(15)14-17-13-18(24(26,27)28)11-12-19(17)25-32-22(2,3)23(4,5)33-25/h6-13,15,20H,14H2,1-5H3/t15-,20?/m0/s1. The third kappa shape index (κ3) is 4.36. The maximum Gasteiger partial charge on any atom is 0.495 e. The van der Waals surface area contributed by atoms with Crippen molar-refractivity contribution in [2.75, 3.05) is 0 Å². The molecule has 2 aromatic rings. The molecule has 4 rings (SSSR count). The van der Waals surface area contributed by atoms with Crippen LogP contribution in [0, 0.1) is 0 Å².